The fourth-order valence-electron chi connectivity index (χ4n) is 2.10. The number of alkyl carbamates (subject to hydrolysis) is 1. The molecular weight excluding hydrogens is 262 g/mol. The van der Waals surface area contributed by atoms with Gasteiger partial charge in [0.25, 0.3) is 0 Å². The summed E-state index contributed by atoms with van der Waals surface area (Å²) < 4.78 is 5.10. The smallest absolute Gasteiger partial charge is 0.407 e. The number of aromatic nitrogens is 2. The quantitative estimate of drug-likeness (QED) is 0.764. The highest BCUT2D eigenvalue weighted by Gasteiger charge is 2.43. The Morgan fingerprint density at radius 3 is 2.70 bits per heavy atom. The van der Waals surface area contributed by atoms with Crippen LogP contribution in [0.5, 0.6) is 0 Å². The topological polar surface area (TPSA) is 104 Å². The van der Waals surface area contributed by atoms with E-state index < -0.39 is 17.6 Å². The maximum Gasteiger partial charge on any atom is 0.407 e. The third-order valence-corrected chi connectivity index (χ3v) is 3.36. The lowest BCUT2D eigenvalue weighted by atomic mass is 9.76. The minimum absolute atomic E-state index is 0.0172. The van der Waals surface area contributed by atoms with Crippen molar-refractivity contribution in [2.24, 2.45) is 5.92 Å². The second kappa shape index (κ2) is 5.52. The Hall–Kier alpha value is -2.05. The molecule has 1 amide bonds. The van der Waals surface area contributed by atoms with Crippen molar-refractivity contribution in [1.82, 2.24) is 15.3 Å². The zero-order valence-electron chi connectivity index (χ0n) is 11.6. The SMILES string of the molecule is CC(C)COC(=O)NC1(c2ncc(C(=O)O)[nH]2)CCC1. The molecule has 1 aromatic heterocycles. The van der Waals surface area contributed by atoms with Crippen molar-refractivity contribution in [1.29, 1.82) is 0 Å². The van der Waals surface area contributed by atoms with Crippen LogP contribution in [0.25, 0.3) is 0 Å². The number of amides is 1. The minimum atomic E-state index is -1.07. The summed E-state index contributed by atoms with van der Waals surface area (Å²) in [6, 6.07) is 0. The van der Waals surface area contributed by atoms with Crippen LogP contribution in [0.4, 0.5) is 4.79 Å². The van der Waals surface area contributed by atoms with Crippen LogP contribution in [0, 0.1) is 5.92 Å². The summed E-state index contributed by atoms with van der Waals surface area (Å²) >= 11 is 0. The highest BCUT2D eigenvalue weighted by Crippen LogP contribution is 2.39. The Labute approximate surface area is 116 Å². The number of imidazole rings is 1. The van der Waals surface area contributed by atoms with Gasteiger partial charge in [-0.05, 0) is 25.2 Å². The molecule has 110 valence electrons. The number of nitrogens with one attached hydrogen (secondary N) is 2. The summed E-state index contributed by atoms with van der Waals surface area (Å²) in [4.78, 5) is 29.5. The van der Waals surface area contributed by atoms with Gasteiger partial charge in [-0.25, -0.2) is 14.6 Å². The number of hydrogen-bond acceptors (Lipinski definition) is 4. The van der Waals surface area contributed by atoms with Crippen LogP contribution in [0.1, 0.15) is 49.4 Å². The third kappa shape index (κ3) is 2.92. The van der Waals surface area contributed by atoms with E-state index in [1.54, 1.807) is 0 Å². The number of hydrogen-bond donors (Lipinski definition) is 3. The molecule has 0 aliphatic heterocycles. The number of H-pyrrole nitrogens is 1. The van der Waals surface area contributed by atoms with Crippen LogP contribution in [0.2, 0.25) is 0 Å². The summed E-state index contributed by atoms with van der Waals surface area (Å²) in [5.74, 6) is -0.330. The van der Waals surface area contributed by atoms with E-state index in [4.69, 9.17) is 9.84 Å². The third-order valence-electron chi connectivity index (χ3n) is 3.36. The van der Waals surface area contributed by atoms with Crippen molar-refractivity contribution in [3.63, 3.8) is 0 Å². The molecule has 0 atom stereocenters. The molecule has 0 bridgehead atoms. The number of carbonyl (C=O) groups excluding carboxylic acids is 1. The maximum atomic E-state index is 11.8. The molecule has 0 spiro atoms. The number of aromatic amines is 1. The van der Waals surface area contributed by atoms with E-state index in [0.717, 1.165) is 19.3 Å². The summed E-state index contributed by atoms with van der Waals surface area (Å²) in [5, 5.41) is 11.7. The molecule has 0 saturated heterocycles. The molecule has 1 aliphatic carbocycles. The fourth-order valence-corrected chi connectivity index (χ4v) is 2.10. The first-order valence-corrected chi connectivity index (χ1v) is 6.67. The summed E-state index contributed by atoms with van der Waals surface area (Å²) in [6.45, 7) is 4.26. The van der Waals surface area contributed by atoms with Gasteiger partial charge in [0, 0.05) is 0 Å². The molecule has 0 radical (unpaired) electrons. The molecule has 2 rings (SSSR count). The largest absolute Gasteiger partial charge is 0.477 e. The molecule has 0 unspecified atom stereocenters. The number of aromatic carboxylic acids is 1. The van der Waals surface area contributed by atoms with E-state index >= 15 is 0 Å². The number of nitrogens with zero attached hydrogens (tertiary/aromatic N) is 1. The van der Waals surface area contributed by atoms with Crippen molar-refractivity contribution >= 4 is 12.1 Å². The van der Waals surface area contributed by atoms with Crippen LogP contribution < -0.4 is 5.32 Å². The van der Waals surface area contributed by atoms with E-state index in [1.807, 2.05) is 13.8 Å². The van der Waals surface area contributed by atoms with E-state index in [9.17, 15) is 9.59 Å². The van der Waals surface area contributed by atoms with Crippen molar-refractivity contribution in [3.05, 3.63) is 17.7 Å². The fraction of sp³-hybridized carbons (Fsp3) is 0.615. The average Bonchev–Trinajstić information content (AvgIpc) is 2.81. The maximum absolute atomic E-state index is 11.8. The molecule has 0 aromatic carbocycles. The van der Waals surface area contributed by atoms with Crippen LogP contribution in [-0.2, 0) is 10.3 Å². The Bertz CT molecular complexity index is 505. The normalized spacial score (nSPS) is 16.6. The lowest BCUT2D eigenvalue weighted by molar-refractivity contribution is 0.0690. The Balaban J connectivity index is 2.05. The summed E-state index contributed by atoms with van der Waals surface area (Å²) in [7, 11) is 0. The average molecular weight is 281 g/mol. The van der Waals surface area contributed by atoms with Crippen LogP contribution in [0.15, 0.2) is 6.20 Å². The molecule has 1 saturated carbocycles. The van der Waals surface area contributed by atoms with E-state index in [0.29, 0.717) is 12.4 Å². The van der Waals surface area contributed by atoms with Crippen LogP contribution in [-0.4, -0.2) is 33.7 Å². The van der Waals surface area contributed by atoms with E-state index in [2.05, 4.69) is 15.3 Å². The number of rotatable bonds is 5. The number of carboxylic acid groups (broad SMARTS) is 1. The molecule has 1 heterocycles. The van der Waals surface area contributed by atoms with Gasteiger partial charge in [-0.2, -0.15) is 0 Å². The van der Waals surface area contributed by atoms with Gasteiger partial charge >= 0.3 is 12.1 Å². The monoisotopic (exact) mass is 281 g/mol. The first-order valence-electron chi connectivity index (χ1n) is 6.67. The highest BCUT2D eigenvalue weighted by molar-refractivity contribution is 5.85. The lowest BCUT2D eigenvalue weighted by Gasteiger charge is -2.40. The van der Waals surface area contributed by atoms with E-state index in [1.165, 1.54) is 6.20 Å². The molecule has 1 fully saturated rings. The van der Waals surface area contributed by atoms with Crippen molar-refractivity contribution < 1.29 is 19.4 Å². The van der Waals surface area contributed by atoms with Crippen LogP contribution in [0.3, 0.4) is 0 Å². The highest BCUT2D eigenvalue weighted by atomic mass is 16.5. The molecular formula is C13H19N3O4. The molecule has 20 heavy (non-hydrogen) atoms. The van der Waals surface area contributed by atoms with Gasteiger partial charge in [0.15, 0.2) is 0 Å². The van der Waals surface area contributed by atoms with Gasteiger partial charge in [-0.1, -0.05) is 13.8 Å². The van der Waals surface area contributed by atoms with Crippen molar-refractivity contribution in [3.8, 4) is 0 Å². The van der Waals surface area contributed by atoms with Gasteiger partial charge in [-0.15, -0.1) is 0 Å². The zero-order chi connectivity index (χ0) is 14.8. The lowest BCUT2D eigenvalue weighted by Crippen LogP contribution is -2.51. The van der Waals surface area contributed by atoms with Gasteiger partial charge in [0.05, 0.1) is 12.8 Å². The van der Waals surface area contributed by atoms with Gasteiger partial charge < -0.3 is 20.1 Å². The molecule has 1 aromatic rings. The van der Waals surface area contributed by atoms with Crippen molar-refractivity contribution in [2.75, 3.05) is 6.61 Å². The second-order valence-corrected chi connectivity index (χ2v) is 5.50. The predicted molar refractivity (Wildman–Crippen MR) is 70.4 cm³/mol. The molecule has 7 heteroatoms. The zero-order valence-corrected chi connectivity index (χ0v) is 11.6. The number of ether oxygens (including phenoxy) is 1. The number of carbonyl (C=O) groups is 2. The minimum Gasteiger partial charge on any atom is -0.477 e. The summed E-state index contributed by atoms with van der Waals surface area (Å²) in [6.07, 6.45) is 3.16. The van der Waals surface area contributed by atoms with Crippen molar-refractivity contribution in [2.45, 2.75) is 38.6 Å². The Morgan fingerprint density at radius 1 is 1.55 bits per heavy atom. The first-order chi connectivity index (χ1) is 9.43. The Morgan fingerprint density at radius 2 is 2.25 bits per heavy atom. The van der Waals surface area contributed by atoms with Gasteiger partial charge in [0.1, 0.15) is 17.1 Å². The standard InChI is InChI=1S/C13H19N3O4/c1-8(2)7-20-12(19)16-13(4-3-5-13)11-14-6-9(15-11)10(17)18/h6,8H,3-5,7H2,1-2H3,(H,14,15)(H,16,19)(H,17,18). The number of carboxylic acids is 1. The molecule has 7 nitrogen and oxygen atoms in total. The van der Waals surface area contributed by atoms with Gasteiger partial charge in [-0.3, -0.25) is 0 Å². The Kier molecular flexibility index (Phi) is 3.96. The summed E-state index contributed by atoms with van der Waals surface area (Å²) in [5.41, 5.74) is -0.606. The molecule has 3 N–H and O–H groups in total. The van der Waals surface area contributed by atoms with Gasteiger partial charge in [0.2, 0.25) is 0 Å². The second-order valence-electron chi connectivity index (χ2n) is 5.50. The molecule has 1 aliphatic rings. The first kappa shape index (κ1) is 14.4. The van der Waals surface area contributed by atoms with E-state index in [-0.39, 0.29) is 11.6 Å². The van der Waals surface area contributed by atoms with Crippen LogP contribution >= 0.6 is 0 Å². The predicted octanol–water partition coefficient (Wildman–Crippen LogP) is 1.87.